The van der Waals surface area contributed by atoms with Gasteiger partial charge in [-0.2, -0.15) is 4.98 Å². The molecule has 0 aliphatic carbocycles. The van der Waals surface area contributed by atoms with Gasteiger partial charge in [-0.05, 0) is 13.0 Å². The number of aliphatic imine (C=N–C) groups is 1. The van der Waals surface area contributed by atoms with E-state index in [2.05, 4.69) is 15.1 Å². The smallest absolute Gasteiger partial charge is 0.339 e. The molecule has 0 fully saturated rings. The summed E-state index contributed by atoms with van der Waals surface area (Å²) in [5, 5.41) is 4.38. The van der Waals surface area contributed by atoms with Crippen LogP contribution in [0.2, 0.25) is 5.15 Å². The number of hydrogen-bond acceptors (Lipinski definition) is 5. The van der Waals surface area contributed by atoms with Gasteiger partial charge in [0.15, 0.2) is 5.15 Å². The highest BCUT2D eigenvalue weighted by atomic mass is 35.5. The number of hydrogen-bond donors (Lipinski definition) is 0. The molecule has 0 spiro atoms. The fourth-order valence-corrected chi connectivity index (χ4v) is 1.72. The molecule has 0 N–H and O–H groups in total. The molecule has 8 heteroatoms. The molecule has 0 saturated carbocycles. The Morgan fingerprint density at radius 2 is 2.35 bits per heavy atom. The largest absolute Gasteiger partial charge is 0.462 e. The molecule has 2 heterocycles. The quantitative estimate of drug-likeness (QED) is 0.488. The monoisotopic (exact) mass is 295 g/mol. The number of esters is 1. The third-order valence-electron chi connectivity index (χ3n) is 2.32. The Labute approximate surface area is 120 Å². The first-order valence-corrected chi connectivity index (χ1v) is 6.32. The van der Waals surface area contributed by atoms with Crippen molar-refractivity contribution in [2.24, 2.45) is 4.99 Å². The van der Waals surface area contributed by atoms with E-state index in [1.165, 1.54) is 10.7 Å². The fourth-order valence-electron chi connectivity index (χ4n) is 1.50. The van der Waals surface area contributed by atoms with E-state index in [4.69, 9.17) is 16.3 Å². The predicted molar refractivity (Wildman–Crippen MR) is 75.8 cm³/mol. The fraction of sp³-hybridized carbons (Fsp3) is 0.333. The second-order valence-electron chi connectivity index (χ2n) is 4.19. The first-order valence-electron chi connectivity index (χ1n) is 5.95. The maximum atomic E-state index is 11.7. The summed E-state index contributed by atoms with van der Waals surface area (Å²) in [4.78, 5) is 21.5. The van der Waals surface area contributed by atoms with Crippen molar-refractivity contribution in [1.29, 1.82) is 0 Å². The van der Waals surface area contributed by atoms with Crippen LogP contribution in [0.15, 0.2) is 17.3 Å². The normalized spacial score (nSPS) is 11.2. The Morgan fingerprint density at radius 1 is 1.60 bits per heavy atom. The van der Waals surface area contributed by atoms with Crippen molar-refractivity contribution >= 4 is 35.4 Å². The first-order chi connectivity index (χ1) is 9.51. The number of halogens is 1. The van der Waals surface area contributed by atoms with Crippen molar-refractivity contribution in [2.75, 3.05) is 20.7 Å². The first kappa shape index (κ1) is 14.3. The molecule has 0 atom stereocenters. The SMILES string of the molecule is CCOC(=O)c1cc2c(Cl)nc(N=CN(C)C)nn2c1. The van der Waals surface area contributed by atoms with Gasteiger partial charge in [0.2, 0.25) is 0 Å². The maximum Gasteiger partial charge on any atom is 0.339 e. The molecule has 7 nitrogen and oxygen atoms in total. The van der Waals surface area contributed by atoms with Gasteiger partial charge in [0, 0.05) is 20.3 Å². The summed E-state index contributed by atoms with van der Waals surface area (Å²) in [5.74, 6) is -0.213. The van der Waals surface area contributed by atoms with Gasteiger partial charge < -0.3 is 9.64 Å². The molecule has 20 heavy (non-hydrogen) atoms. The van der Waals surface area contributed by atoms with Crippen molar-refractivity contribution in [1.82, 2.24) is 19.5 Å². The lowest BCUT2D eigenvalue weighted by atomic mass is 10.3. The van der Waals surface area contributed by atoms with Gasteiger partial charge in [-0.15, -0.1) is 5.10 Å². The van der Waals surface area contributed by atoms with Gasteiger partial charge in [0.1, 0.15) is 5.52 Å². The molecule has 0 aromatic carbocycles. The lowest BCUT2D eigenvalue weighted by Crippen LogP contribution is -2.07. The van der Waals surface area contributed by atoms with Crippen LogP contribution in [-0.2, 0) is 4.74 Å². The van der Waals surface area contributed by atoms with E-state index in [1.54, 1.807) is 24.2 Å². The van der Waals surface area contributed by atoms with Crippen LogP contribution in [-0.4, -0.2) is 52.5 Å². The minimum atomic E-state index is -0.424. The van der Waals surface area contributed by atoms with Crippen LogP contribution >= 0.6 is 11.6 Å². The standard InChI is InChI=1S/C12H14ClN5O2/c1-4-20-11(19)8-5-9-10(13)15-12(14-7-17(2)3)16-18(9)6-8/h5-7H,4H2,1-3H3. The van der Waals surface area contributed by atoms with Crippen LogP contribution in [0.1, 0.15) is 17.3 Å². The van der Waals surface area contributed by atoms with E-state index in [9.17, 15) is 4.79 Å². The predicted octanol–water partition coefficient (Wildman–Crippen LogP) is 1.78. The Bertz CT molecular complexity index is 665. The zero-order valence-corrected chi connectivity index (χ0v) is 12.1. The molecular weight excluding hydrogens is 282 g/mol. The van der Waals surface area contributed by atoms with E-state index >= 15 is 0 Å². The summed E-state index contributed by atoms with van der Waals surface area (Å²) in [6.45, 7) is 2.05. The topological polar surface area (TPSA) is 72.1 Å². The van der Waals surface area contributed by atoms with Gasteiger partial charge in [-0.1, -0.05) is 11.6 Å². The lowest BCUT2D eigenvalue weighted by Gasteiger charge is -2.02. The number of ether oxygens (including phenoxy) is 1. The molecule has 0 bridgehead atoms. The molecule has 0 aliphatic heterocycles. The zero-order valence-electron chi connectivity index (χ0n) is 11.4. The summed E-state index contributed by atoms with van der Waals surface area (Å²) in [6, 6.07) is 1.58. The number of aromatic nitrogens is 3. The van der Waals surface area contributed by atoms with Crippen LogP contribution in [0.3, 0.4) is 0 Å². The van der Waals surface area contributed by atoms with Crippen molar-refractivity contribution in [3.63, 3.8) is 0 Å². The molecule has 106 valence electrons. The molecular formula is C12H14ClN5O2. The van der Waals surface area contributed by atoms with Crippen molar-refractivity contribution in [2.45, 2.75) is 6.92 Å². The molecule has 2 rings (SSSR count). The van der Waals surface area contributed by atoms with Crippen LogP contribution in [0.4, 0.5) is 5.95 Å². The van der Waals surface area contributed by atoms with Crippen molar-refractivity contribution < 1.29 is 9.53 Å². The Morgan fingerprint density at radius 3 is 3.00 bits per heavy atom. The summed E-state index contributed by atoms with van der Waals surface area (Å²) < 4.78 is 6.39. The number of carbonyl (C=O) groups excluding carboxylic acids is 1. The maximum absolute atomic E-state index is 11.7. The summed E-state index contributed by atoms with van der Waals surface area (Å²) in [7, 11) is 3.66. The zero-order chi connectivity index (χ0) is 14.7. The van der Waals surface area contributed by atoms with E-state index in [0.29, 0.717) is 17.7 Å². The van der Waals surface area contributed by atoms with Gasteiger partial charge >= 0.3 is 5.97 Å². The van der Waals surface area contributed by atoms with E-state index in [0.717, 1.165) is 0 Å². The van der Waals surface area contributed by atoms with Gasteiger partial charge in [0.05, 0.1) is 18.5 Å². The Balaban J connectivity index is 2.41. The summed E-state index contributed by atoms with van der Waals surface area (Å²) in [5.41, 5.74) is 0.898. The molecule has 0 aliphatic rings. The van der Waals surface area contributed by atoms with Crippen molar-refractivity contribution in [3.8, 4) is 0 Å². The highest BCUT2D eigenvalue weighted by molar-refractivity contribution is 6.32. The van der Waals surface area contributed by atoms with E-state index < -0.39 is 5.97 Å². The van der Waals surface area contributed by atoms with Crippen LogP contribution < -0.4 is 0 Å². The van der Waals surface area contributed by atoms with Crippen molar-refractivity contribution in [3.05, 3.63) is 23.0 Å². The Hall–Kier alpha value is -2.15. The number of fused-ring (bicyclic) bond motifs is 1. The second-order valence-corrected chi connectivity index (χ2v) is 4.55. The number of nitrogens with zero attached hydrogens (tertiary/aromatic N) is 5. The summed E-state index contributed by atoms with van der Waals surface area (Å²) in [6.07, 6.45) is 3.10. The summed E-state index contributed by atoms with van der Waals surface area (Å²) >= 11 is 6.06. The highest BCUT2D eigenvalue weighted by Gasteiger charge is 2.13. The van der Waals surface area contributed by atoms with Crippen LogP contribution in [0.25, 0.3) is 5.52 Å². The lowest BCUT2D eigenvalue weighted by molar-refractivity contribution is 0.0526. The molecule has 0 amide bonds. The number of rotatable bonds is 4. The van der Waals surface area contributed by atoms with Gasteiger partial charge in [0.25, 0.3) is 5.95 Å². The molecule has 2 aromatic heterocycles. The average Bonchev–Trinajstić information content (AvgIpc) is 2.81. The minimum absolute atomic E-state index is 0.210. The minimum Gasteiger partial charge on any atom is -0.462 e. The third-order valence-corrected chi connectivity index (χ3v) is 2.60. The molecule has 0 radical (unpaired) electrons. The number of carbonyl (C=O) groups is 1. The van der Waals surface area contributed by atoms with Crippen LogP contribution in [0.5, 0.6) is 0 Å². The average molecular weight is 296 g/mol. The third kappa shape index (κ3) is 3.05. The highest BCUT2D eigenvalue weighted by Crippen LogP contribution is 2.20. The van der Waals surface area contributed by atoms with Gasteiger partial charge in [-0.25, -0.2) is 14.3 Å². The Kier molecular flexibility index (Phi) is 4.19. The van der Waals surface area contributed by atoms with E-state index in [-0.39, 0.29) is 11.1 Å². The molecule has 0 saturated heterocycles. The van der Waals surface area contributed by atoms with Crippen LogP contribution in [0, 0.1) is 0 Å². The molecule has 0 unspecified atom stereocenters. The van der Waals surface area contributed by atoms with Gasteiger partial charge in [-0.3, -0.25) is 0 Å². The molecule has 2 aromatic rings. The van der Waals surface area contributed by atoms with E-state index in [1.807, 2.05) is 14.1 Å². The second kappa shape index (κ2) is 5.87.